The van der Waals surface area contributed by atoms with E-state index in [9.17, 15) is 5.26 Å². The van der Waals surface area contributed by atoms with E-state index in [1.165, 1.54) is 6.33 Å². The lowest BCUT2D eigenvalue weighted by Gasteiger charge is -2.18. The minimum atomic E-state index is -0.535. The Morgan fingerprint density at radius 3 is 2.35 bits per heavy atom. The number of benzene rings is 3. The van der Waals surface area contributed by atoms with Gasteiger partial charge in [-0.15, -0.1) is 0 Å². The van der Waals surface area contributed by atoms with Gasteiger partial charge in [0.2, 0.25) is 0 Å². The fourth-order valence-electron chi connectivity index (χ4n) is 4.10. The first-order chi connectivity index (χ1) is 17.9. The number of nitrogens with two attached hydrogens (primary N) is 1. The number of nitriles is 1. The molecule has 2 heterocycles. The molecule has 0 bridgehead atoms. The number of nitrogens with zero attached hydrogens (tertiary/aromatic N) is 4. The van der Waals surface area contributed by atoms with Crippen molar-refractivity contribution in [3.63, 3.8) is 0 Å². The van der Waals surface area contributed by atoms with Crippen molar-refractivity contribution in [2.75, 3.05) is 16.4 Å². The smallest absolute Gasteiger partial charge is 0.159 e. The number of halogens is 2. The lowest BCUT2D eigenvalue weighted by Crippen LogP contribution is -2.07. The highest BCUT2D eigenvalue weighted by Crippen LogP contribution is 2.36. The van der Waals surface area contributed by atoms with Gasteiger partial charge in [-0.2, -0.15) is 5.26 Å². The van der Waals surface area contributed by atoms with Crippen LogP contribution in [0.1, 0.15) is 22.6 Å². The summed E-state index contributed by atoms with van der Waals surface area (Å²) >= 11 is 12.7. The molecule has 0 fully saturated rings. The zero-order valence-corrected chi connectivity index (χ0v) is 21.2. The molecule has 0 saturated carbocycles. The molecule has 37 heavy (non-hydrogen) atoms. The molecule has 1 atom stereocenters. The van der Waals surface area contributed by atoms with Crippen LogP contribution in [0.3, 0.4) is 0 Å². The Balaban J connectivity index is 1.44. The third-order valence-electron chi connectivity index (χ3n) is 6.02. The Labute approximate surface area is 223 Å². The zero-order valence-electron chi connectivity index (χ0n) is 19.7. The van der Waals surface area contributed by atoms with Gasteiger partial charge in [-0.3, -0.25) is 4.98 Å². The van der Waals surface area contributed by atoms with Gasteiger partial charge in [0.1, 0.15) is 12.0 Å². The molecule has 182 valence electrons. The molecule has 0 amide bonds. The third kappa shape index (κ3) is 4.98. The maximum Gasteiger partial charge on any atom is 0.159 e. The second-order valence-electron chi connectivity index (χ2n) is 8.41. The van der Waals surface area contributed by atoms with E-state index in [2.05, 4.69) is 31.7 Å². The minimum Gasteiger partial charge on any atom is -0.393 e. The van der Waals surface area contributed by atoms with Gasteiger partial charge in [0.25, 0.3) is 0 Å². The molecule has 2 aromatic heterocycles. The average molecular weight is 526 g/mol. The van der Waals surface area contributed by atoms with Gasteiger partial charge >= 0.3 is 0 Å². The molecule has 0 radical (unpaired) electrons. The summed E-state index contributed by atoms with van der Waals surface area (Å²) in [6.07, 6.45) is 3.18. The summed E-state index contributed by atoms with van der Waals surface area (Å²) in [5.74, 6) is 0.353. The molecule has 4 N–H and O–H groups in total. The number of fused-ring (bicyclic) bond motifs is 1. The van der Waals surface area contributed by atoms with E-state index in [1.54, 1.807) is 24.4 Å². The van der Waals surface area contributed by atoms with E-state index >= 15 is 0 Å². The second-order valence-corrected chi connectivity index (χ2v) is 9.26. The monoisotopic (exact) mass is 525 g/mol. The van der Waals surface area contributed by atoms with E-state index < -0.39 is 5.92 Å². The molecule has 0 saturated heterocycles. The number of pyridine rings is 1. The Bertz CT molecular complexity index is 1640. The van der Waals surface area contributed by atoms with Crippen molar-refractivity contribution in [3.05, 3.63) is 106 Å². The second kappa shape index (κ2) is 10.3. The van der Waals surface area contributed by atoms with Crippen LogP contribution in [-0.4, -0.2) is 15.0 Å². The molecule has 0 aliphatic heterocycles. The molecule has 0 aliphatic carbocycles. The van der Waals surface area contributed by atoms with Gasteiger partial charge in [0.15, 0.2) is 11.6 Å². The first kappa shape index (κ1) is 24.3. The highest BCUT2D eigenvalue weighted by molar-refractivity contribution is 6.32. The fourth-order valence-corrected chi connectivity index (χ4v) is 4.50. The maximum absolute atomic E-state index is 9.87. The minimum absolute atomic E-state index is 0.346. The Kier molecular flexibility index (Phi) is 6.78. The van der Waals surface area contributed by atoms with Crippen LogP contribution >= 0.6 is 23.2 Å². The van der Waals surface area contributed by atoms with E-state index in [4.69, 9.17) is 28.9 Å². The third-order valence-corrected chi connectivity index (χ3v) is 6.60. The standard InChI is InChI=1S/C28H21Cl2N7/c1-16-12-20(21(14-31)17-7-9-18(29)10-8-17)22(30)13-25(16)37-28-26(32)27(34-15-35-28)36-24-6-2-5-23-19(24)4-3-11-33-23/h2-13,15,21H,32H2,1H3,(H2,34,35,36,37). The summed E-state index contributed by atoms with van der Waals surface area (Å²) in [7, 11) is 0. The first-order valence-electron chi connectivity index (χ1n) is 11.4. The lowest BCUT2D eigenvalue weighted by molar-refractivity contribution is 1.03. The molecule has 0 spiro atoms. The van der Waals surface area contributed by atoms with Crippen molar-refractivity contribution >= 4 is 62.8 Å². The lowest BCUT2D eigenvalue weighted by atomic mass is 9.91. The van der Waals surface area contributed by atoms with Crippen molar-refractivity contribution in [2.45, 2.75) is 12.8 Å². The van der Waals surface area contributed by atoms with Crippen molar-refractivity contribution in [2.24, 2.45) is 0 Å². The molecule has 0 aliphatic rings. The van der Waals surface area contributed by atoms with Crippen molar-refractivity contribution in [3.8, 4) is 6.07 Å². The predicted molar refractivity (Wildman–Crippen MR) is 150 cm³/mol. The number of hydrogen-bond acceptors (Lipinski definition) is 7. The summed E-state index contributed by atoms with van der Waals surface area (Å²) in [6.45, 7) is 1.93. The van der Waals surface area contributed by atoms with E-state index in [1.807, 2.05) is 55.5 Å². The molecule has 5 rings (SSSR count). The van der Waals surface area contributed by atoms with Crippen LogP contribution < -0.4 is 16.4 Å². The van der Waals surface area contributed by atoms with Crippen LogP contribution in [0.25, 0.3) is 10.9 Å². The predicted octanol–water partition coefficient (Wildman–Crippen LogP) is 7.36. The van der Waals surface area contributed by atoms with Crippen LogP contribution in [0.15, 0.2) is 79.3 Å². The van der Waals surface area contributed by atoms with E-state index in [-0.39, 0.29) is 0 Å². The average Bonchev–Trinajstić information content (AvgIpc) is 2.90. The summed E-state index contributed by atoms with van der Waals surface area (Å²) in [4.78, 5) is 13.1. The van der Waals surface area contributed by atoms with Crippen molar-refractivity contribution in [1.82, 2.24) is 15.0 Å². The maximum atomic E-state index is 9.87. The Morgan fingerprint density at radius 2 is 1.62 bits per heavy atom. The number of aromatic nitrogens is 3. The molecule has 9 heteroatoms. The van der Waals surface area contributed by atoms with Gasteiger partial charge in [0.05, 0.1) is 17.5 Å². The van der Waals surface area contributed by atoms with Gasteiger partial charge in [-0.05, 0) is 66.1 Å². The number of nitrogens with one attached hydrogen (secondary N) is 2. The quantitative estimate of drug-likeness (QED) is 0.212. The molecular weight excluding hydrogens is 505 g/mol. The summed E-state index contributed by atoms with van der Waals surface area (Å²) in [5, 5.41) is 18.4. The van der Waals surface area contributed by atoms with E-state index in [0.29, 0.717) is 38.6 Å². The first-order valence-corrected chi connectivity index (χ1v) is 12.1. The Morgan fingerprint density at radius 1 is 0.892 bits per heavy atom. The number of rotatable bonds is 6. The molecule has 5 aromatic rings. The highest BCUT2D eigenvalue weighted by Gasteiger charge is 2.19. The number of hydrogen-bond donors (Lipinski definition) is 3. The molecule has 3 aromatic carbocycles. The normalized spacial score (nSPS) is 11.6. The van der Waals surface area contributed by atoms with E-state index in [0.717, 1.165) is 27.7 Å². The van der Waals surface area contributed by atoms with Crippen LogP contribution in [0.4, 0.5) is 28.7 Å². The van der Waals surface area contributed by atoms with Crippen LogP contribution in [0.5, 0.6) is 0 Å². The van der Waals surface area contributed by atoms with Crippen LogP contribution in [0, 0.1) is 18.3 Å². The fraction of sp³-hybridized carbons (Fsp3) is 0.0714. The molecule has 1 unspecified atom stereocenters. The molecular formula is C28H21Cl2N7. The highest BCUT2D eigenvalue weighted by atomic mass is 35.5. The van der Waals surface area contributed by atoms with Gasteiger partial charge in [-0.1, -0.05) is 47.5 Å². The van der Waals surface area contributed by atoms with Gasteiger partial charge < -0.3 is 16.4 Å². The molecule has 7 nitrogen and oxygen atoms in total. The van der Waals surface area contributed by atoms with Crippen molar-refractivity contribution < 1.29 is 0 Å². The Hall–Kier alpha value is -4.38. The van der Waals surface area contributed by atoms with Crippen LogP contribution in [-0.2, 0) is 0 Å². The van der Waals surface area contributed by atoms with Gasteiger partial charge in [0, 0.05) is 33.0 Å². The zero-order chi connectivity index (χ0) is 25.9. The van der Waals surface area contributed by atoms with Crippen molar-refractivity contribution in [1.29, 1.82) is 5.26 Å². The van der Waals surface area contributed by atoms with Crippen LogP contribution in [0.2, 0.25) is 10.0 Å². The number of nitrogen functional groups attached to an aromatic ring is 1. The largest absolute Gasteiger partial charge is 0.393 e. The number of aryl methyl sites for hydroxylation is 1. The summed E-state index contributed by atoms with van der Waals surface area (Å²) in [6, 6.07) is 22.8. The van der Waals surface area contributed by atoms with Gasteiger partial charge in [-0.25, -0.2) is 9.97 Å². The number of anilines is 5. The summed E-state index contributed by atoms with van der Waals surface area (Å²) < 4.78 is 0. The summed E-state index contributed by atoms with van der Waals surface area (Å²) in [5.41, 5.74) is 11.6. The topological polar surface area (TPSA) is 113 Å². The SMILES string of the molecule is Cc1cc(C(C#N)c2ccc(Cl)cc2)c(Cl)cc1Nc1ncnc(Nc2cccc3ncccc23)c1N.